The third-order valence-corrected chi connectivity index (χ3v) is 4.18. The first kappa shape index (κ1) is 21.6. The molecule has 2 aromatic rings. The number of nitrogens with two attached hydrogens (primary N) is 1. The molecule has 0 aliphatic heterocycles. The van der Waals surface area contributed by atoms with Crippen molar-refractivity contribution in [2.75, 3.05) is 12.4 Å². The summed E-state index contributed by atoms with van der Waals surface area (Å²) in [6.07, 6.45) is 2.89. The molecule has 0 aliphatic rings. The number of hydrogen-bond acceptors (Lipinski definition) is 4. The Hall–Kier alpha value is -3.68. The quantitative estimate of drug-likeness (QED) is 0.621. The molecule has 1 unspecified atom stereocenters. The van der Waals surface area contributed by atoms with Gasteiger partial charge in [-0.1, -0.05) is 12.1 Å². The molecule has 7 nitrogen and oxygen atoms in total. The number of nitrogens with one attached hydrogen (secondary N) is 2. The van der Waals surface area contributed by atoms with Crippen LogP contribution >= 0.6 is 0 Å². The molecule has 0 bridgehead atoms. The third-order valence-electron chi connectivity index (χ3n) is 4.18. The average molecular weight is 399 g/mol. The van der Waals surface area contributed by atoms with Gasteiger partial charge in [0.05, 0.1) is 7.11 Å². The molecular weight excluding hydrogens is 377 g/mol. The first-order chi connectivity index (χ1) is 13.7. The molecule has 0 aromatic heterocycles. The number of benzene rings is 2. The molecule has 0 heterocycles. The Morgan fingerprint density at radius 2 is 1.83 bits per heavy atom. The molecule has 2 rings (SSSR count). The monoisotopic (exact) mass is 399 g/mol. The van der Waals surface area contributed by atoms with Crippen LogP contribution in [-0.2, 0) is 9.59 Å². The summed E-state index contributed by atoms with van der Waals surface area (Å²) in [6, 6.07) is 8.47. The Morgan fingerprint density at radius 3 is 2.41 bits per heavy atom. The maximum Gasteiger partial charge on any atom is 0.248 e. The fourth-order valence-electron chi connectivity index (χ4n) is 2.41. The van der Waals surface area contributed by atoms with Gasteiger partial charge in [0.2, 0.25) is 17.7 Å². The number of hydrogen-bond donors (Lipinski definition) is 3. The molecule has 0 fully saturated rings. The Labute approximate surface area is 167 Å². The molecule has 29 heavy (non-hydrogen) atoms. The second-order valence-electron chi connectivity index (χ2n) is 6.32. The molecule has 2 aromatic carbocycles. The predicted molar refractivity (Wildman–Crippen MR) is 108 cm³/mol. The van der Waals surface area contributed by atoms with E-state index in [-0.39, 0.29) is 16.8 Å². The highest BCUT2D eigenvalue weighted by Crippen LogP contribution is 2.21. The Kier molecular flexibility index (Phi) is 7.08. The van der Waals surface area contributed by atoms with E-state index in [9.17, 15) is 18.8 Å². The second kappa shape index (κ2) is 9.50. The van der Waals surface area contributed by atoms with Crippen molar-refractivity contribution in [3.63, 3.8) is 0 Å². The van der Waals surface area contributed by atoms with Crippen molar-refractivity contribution in [3.05, 3.63) is 65.0 Å². The van der Waals surface area contributed by atoms with Gasteiger partial charge in [0.25, 0.3) is 0 Å². The molecule has 4 N–H and O–H groups in total. The number of rotatable bonds is 7. The predicted octanol–water partition coefficient (Wildman–Crippen LogP) is 2.40. The maximum atomic E-state index is 13.9. The van der Waals surface area contributed by atoms with Crippen LogP contribution in [0.15, 0.2) is 42.5 Å². The van der Waals surface area contributed by atoms with Crippen LogP contribution in [0.3, 0.4) is 0 Å². The molecule has 1 atom stereocenters. The van der Waals surface area contributed by atoms with Gasteiger partial charge in [0, 0.05) is 22.9 Å². The van der Waals surface area contributed by atoms with Crippen LogP contribution in [-0.4, -0.2) is 30.9 Å². The van der Waals surface area contributed by atoms with Crippen LogP contribution in [0, 0.1) is 12.7 Å². The SMILES string of the molecule is COc1ccc(C=CC(=O)NC(C)C(=O)Nc2cc(C(N)=O)cc(F)c2C)cc1. The lowest BCUT2D eigenvalue weighted by molar-refractivity contribution is -0.123. The minimum Gasteiger partial charge on any atom is -0.497 e. The van der Waals surface area contributed by atoms with Crippen molar-refractivity contribution in [3.8, 4) is 5.75 Å². The van der Waals surface area contributed by atoms with E-state index >= 15 is 0 Å². The minimum atomic E-state index is -0.900. The summed E-state index contributed by atoms with van der Waals surface area (Å²) in [5, 5.41) is 5.01. The number of primary amides is 1. The van der Waals surface area contributed by atoms with Gasteiger partial charge in [-0.15, -0.1) is 0 Å². The summed E-state index contributed by atoms with van der Waals surface area (Å²) < 4.78 is 19.0. The Balaban J connectivity index is 2.00. The van der Waals surface area contributed by atoms with Gasteiger partial charge in [0.1, 0.15) is 17.6 Å². The largest absolute Gasteiger partial charge is 0.497 e. The fraction of sp³-hybridized carbons (Fsp3) is 0.190. The molecule has 152 valence electrons. The van der Waals surface area contributed by atoms with Gasteiger partial charge < -0.3 is 21.1 Å². The van der Waals surface area contributed by atoms with E-state index in [1.165, 1.54) is 26.0 Å². The van der Waals surface area contributed by atoms with Crippen LogP contribution in [0.1, 0.15) is 28.4 Å². The van der Waals surface area contributed by atoms with Crippen molar-refractivity contribution in [2.24, 2.45) is 5.73 Å². The highest BCUT2D eigenvalue weighted by atomic mass is 19.1. The molecular formula is C21H22FN3O4. The Morgan fingerprint density at radius 1 is 1.17 bits per heavy atom. The number of anilines is 1. The fourth-order valence-corrected chi connectivity index (χ4v) is 2.41. The Bertz CT molecular complexity index is 955. The van der Waals surface area contributed by atoms with Gasteiger partial charge in [-0.2, -0.15) is 0 Å². The van der Waals surface area contributed by atoms with Gasteiger partial charge in [0.15, 0.2) is 0 Å². The smallest absolute Gasteiger partial charge is 0.248 e. The van der Waals surface area contributed by atoms with E-state index in [1.54, 1.807) is 37.5 Å². The zero-order valence-corrected chi connectivity index (χ0v) is 16.3. The minimum absolute atomic E-state index is 0.0671. The van der Waals surface area contributed by atoms with E-state index in [2.05, 4.69) is 10.6 Å². The van der Waals surface area contributed by atoms with Crippen molar-refractivity contribution in [1.82, 2.24) is 5.32 Å². The standard InChI is InChI=1S/C21H22FN3O4/c1-12-17(22)10-15(20(23)27)11-18(12)25-21(28)13(2)24-19(26)9-6-14-4-7-16(29-3)8-5-14/h4-11,13H,1-3H3,(H2,23,27)(H,24,26)(H,25,28). The first-order valence-electron chi connectivity index (χ1n) is 8.74. The summed E-state index contributed by atoms with van der Waals surface area (Å²) in [4.78, 5) is 35.7. The molecule has 8 heteroatoms. The lowest BCUT2D eigenvalue weighted by Crippen LogP contribution is -2.41. The van der Waals surface area contributed by atoms with Crippen molar-refractivity contribution >= 4 is 29.5 Å². The summed E-state index contributed by atoms with van der Waals surface area (Å²) in [5.74, 6) is -1.83. The number of carbonyl (C=O) groups is 3. The van der Waals surface area contributed by atoms with E-state index in [1.807, 2.05) is 0 Å². The number of halogens is 1. The van der Waals surface area contributed by atoms with Crippen LogP contribution in [0.25, 0.3) is 6.08 Å². The number of methoxy groups -OCH3 is 1. The highest BCUT2D eigenvalue weighted by molar-refractivity contribution is 6.01. The van der Waals surface area contributed by atoms with Crippen molar-refractivity contribution in [2.45, 2.75) is 19.9 Å². The van der Waals surface area contributed by atoms with Crippen molar-refractivity contribution < 1.29 is 23.5 Å². The molecule has 3 amide bonds. The number of carbonyl (C=O) groups excluding carboxylic acids is 3. The summed E-state index contributed by atoms with van der Waals surface area (Å²) in [5.41, 5.74) is 6.15. The molecule has 0 saturated carbocycles. The first-order valence-corrected chi connectivity index (χ1v) is 8.74. The lowest BCUT2D eigenvalue weighted by atomic mass is 10.1. The zero-order valence-electron chi connectivity index (χ0n) is 16.3. The molecule has 0 saturated heterocycles. The van der Waals surface area contributed by atoms with E-state index < -0.39 is 29.6 Å². The van der Waals surface area contributed by atoms with E-state index in [0.717, 1.165) is 11.6 Å². The molecule has 0 spiro atoms. The van der Waals surface area contributed by atoms with Crippen LogP contribution < -0.4 is 21.1 Å². The number of ether oxygens (including phenoxy) is 1. The summed E-state index contributed by atoms with van der Waals surface area (Å²) >= 11 is 0. The van der Waals surface area contributed by atoms with Gasteiger partial charge in [-0.05, 0) is 49.8 Å². The van der Waals surface area contributed by atoms with Gasteiger partial charge in [-0.25, -0.2) is 4.39 Å². The zero-order chi connectivity index (χ0) is 21.6. The van der Waals surface area contributed by atoms with E-state index in [0.29, 0.717) is 5.75 Å². The van der Waals surface area contributed by atoms with Gasteiger partial charge >= 0.3 is 0 Å². The van der Waals surface area contributed by atoms with Gasteiger partial charge in [-0.3, -0.25) is 14.4 Å². The highest BCUT2D eigenvalue weighted by Gasteiger charge is 2.17. The topological polar surface area (TPSA) is 111 Å². The summed E-state index contributed by atoms with van der Waals surface area (Å²) in [6.45, 7) is 2.94. The van der Waals surface area contributed by atoms with E-state index in [4.69, 9.17) is 10.5 Å². The average Bonchev–Trinajstić information content (AvgIpc) is 2.69. The second-order valence-corrected chi connectivity index (χ2v) is 6.32. The summed E-state index contributed by atoms with van der Waals surface area (Å²) in [7, 11) is 1.56. The molecule has 0 aliphatic carbocycles. The van der Waals surface area contributed by atoms with Crippen LogP contribution in [0.5, 0.6) is 5.75 Å². The van der Waals surface area contributed by atoms with Crippen LogP contribution in [0.4, 0.5) is 10.1 Å². The van der Waals surface area contributed by atoms with Crippen LogP contribution in [0.2, 0.25) is 0 Å². The van der Waals surface area contributed by atoms with Crippen molar-refractivity contribution in [1.29, 1.82) is 0 Å². The molecule has 0 radical (unpaired) electrons. The lowest BCUT2D eigenvalue weighted by Gasteiger charge is -2.15. The third kappa shape index (κ3) is 5.90. The normalized spacial score (nSPS) is 11.7. The number of amides is 3. The maximum absolute atomic E-state index is 13.9.